The van der Waals surface area contributed by atoms with Crippen molar-refractivity contribution < 1.29 is 14.3 Å². The monoisotopic (exact) mass is 304 g/mol. The first-order valence-corrected chi connectivity index (χ1v) is 7.89. The number of carbonyl (C=O) groups is 2. The molecule has 1 aliphatic carbocycles. The Bertz CT molecular complexity index is 512. The molecule has 5 heteroatoms. The van der Waals surface area contributed by atoms with Gasteiger partial charge in [0.1, 0.15) is 5.75 Å². The van der Waals surface area contributed by atoms with Crippen LogP contribution in [0.5, 0.6) is 5.75 Å². The molecular weight excluding hydrogens is 280 g/mol. The van der Waals surface area contributed by atoms with E-state index in [1.54, 1.807) is 0 Å². The average Bonchev–Trinajstić information content (AvgIpc) is 3.34. The van der Waals surface area contributed by atoms with Crippen LogP contribution >= 0.6 is 0 Å². The summed E-state index contributed by atoms with van der Waals surface area (Å²) in [6.45, 7) is 3.51. The number of benzene rings is 1. The summed E-state index contributed by atoms with van der Waals surface area (Å²) in [5.74, 6) is 1.19. The van der Waals surface area contributed by atoms with Gasteiger partial charge in [0.25, 0.3) is 0 Å². The molecule has 1 saturated carbocycles. The third-order valence-electron chi connectivity index (χ3n) is 3.59. The number of hydrogen-bond acceptors (Lipinski definition) is 3. The second-order valence-electron chi connectivity index (χ2n) is 5.63. The molecule has 0 saturated heterocycles. The molecule has 5 nitrogen and oxygen atoms in total. The third kappa shape index (κ3) is 5.76. The number of carbonyl (C=O) groups excluding carboxylic acids is 2. The molecule has 2 rings (SSSR count). The van der Waals surface area contributed by atoms with E-state index in [1.807, 2.05) is 31.2 Å². The number of ether oxygens (including phenoxy) is 1. The minimum atomic E-state index is -0.00551. The Labute approximate surface area is 131 Å². The topological polar surface area (TPSA) is 67.4 Å². The molecule has 0 unspecified atom stereocenters. The summed E-state index contributed by atoms with van der Waals surface area (Å²) >= 11 is 0. The fraction of sp³-hybridized carbons (Fsp3) is 0.529. The van der Waals surface area contributed by atoms with Crippen LogP contribution in [0.2, 0.25) is 0 Å². The van der Waals surface area contributed by atoms with Crippen LogP contribution in [0.3, 0.4) is 0 Å². The highest BCUT2D eigenvalue weighted by Gasteiger charge is 2.28. The van der Waals surface area contributed by atoms with E-state index >= 15 is 0 Å². The van der Waals surface area contributed by atoms with Crippen molar-refractivity contribution in [2.24, 2.45) is 5.92 Å². The molecule has 120 valence electrons. The van der Waals surface area contributed by atoms with Crippen LogP contribution in [0.15, 0.2) is 24.3 Å². The van der Waals surface area contributed by atoms with Crippen molar-refractivity contribution in [2.75, 3.05) is 19.7 Å². The van der Waals surface area contributed by atoms with E-state index in [2.05, 4.69) is 10.6 Å². The van der Waals surface area contributed by atoms with Crippen LogP contribution in [0.1, 0.15) is 31.2 Å². The normalized spacial score (nSPS) is 13.5. The number of nitrogens with one attached hydrogen (secondary N) is 2. The number of amides is 2. The van der Waals surface area contributed by atoms with Crippen LogP contribution in [-0.4, -0.2) is 31.5 Å². The van der Waals surface area contributed by atoms with Gasteiger partial charge in [0.2, 0.25) is 11.8 Å². The van der Waals surface area contributed by atoms with Gasteiger partial charge in [-0.15, -0.1) is 0 Å². The zero-order valence-corrected chi connectivity index (χ0v) is 13.1. The maximum atomic E-state index is 11.6. The van der Waals surface area contributed by atoms with Crippen molar-refractivity contribution >= 4 is 11.8 Å². The zero-order valence-electron chi connectivity index (χ0n) is 13.1. The first-order chi connectivity index (χ1) is 10.7. The van der Waals surface area contributed by atoms with E-state index < -0.39 is 0 Å². The molecule has 0 radical (unpaired) electrons. The maximum absolute atomic E-state index is 11.6. The first-order valence-electron chi connectivity index (χ1n) is 7.89. The highest BCUT2D eigenvalue weighted by atomic mass is 16.5. The van der Waals surface area contributed by atoms with Crippen LogP contribution in [0, 0.1) is 12.8 Å². The molecule has 0 heterocycles. The van der Waals surface area contributed by atoms with E-state index in [0.717, 1.165) is 24.2 Å². The summed E-state index contributed by atoms with van der Waals surface area (Å²) in [6.07, 6.45) is 3.11. The Kier molecular flexibility index (Phi) is 6.25. The summed E-state index contributed by atoms with van der Waals surface area (Å²) in [7, 11) is 0. The largest absolute Gasteiger partial charge is 0.493 e. The van der Waals surface area contributed by atoms with E-state index in [-0.39, 0.29) is 17.7 Å². The Morgan fingerprint density at radius 1 is 1.18 bits per heavy atom. The molecule has 1 fully saturated rings. The summed E-state index contributed by atoms with van der Waals surface area (Å²) in [6, 6.07) is 7.83. The quantitative estimate of drug-likeness (QED) is 0.684. The summed E-state index contributed by atoms with van der Waals surface area (Å²) < 4.78 is 5.64. The lowest BCUT2D eigenvalue weighted by atomic mass is 10.2. The highest BCUT2D eigenvalue weighted by molar-refractivity contribution is 5.81. The predicted octanol–water partition coefficient (Wildman–Crippen LogP) is 1.80. The van der Waals surface area contributed by atoms with Gasteiger partial charge in [0, 0.05) is 25.4 Å². The van der Waals surface area contributed by atoms with Gasteiger partial charge in [-0.25, -0.2) is 0 Å². The lowest BCUT2D eigenvalue weighted by molar-refractivity contribution is -0.123. The Morgan fingerprint density at radius 3 is 2.64 bits per heavy atom. The molecule has 2 N–H and O–H groups in total. The number of rotatable bonds is 9. The van der Waals surface area contributed by atoms with E-state index in [9.17, 15) is 9.59 Å². The van der Waals surface area contributed by atoms with Gasteiger partial charge in [-0.2, -0.15) is 0 Å². The molecule has 0 bridgehead atoms. The molecule has 1 aromatic carbocycles. The minimum Gasteiger partial charge on any atom is -0.493 e. The first kappa shape index (κ1) is 16.3. The highest BCUT2D eigenvalue weighted by Crippen LogP contribution is 2.28. The molecule has 1 aliphatic rings. The molecule has 0 spiro atoms. The van der Waals surface area contributed by atoms with E-state index in [4.69, 9.17) is 4.74 Å². The molecule has 0 aromatic heterocycles. The van der Waals surface area contributed by atoms with Crippen molar-refractivity contribution in [1.82, 2.24) is 10.6 Å². The number of para-hydroxylation sites is 1. The number of aryl methyl sites for hydroxylation is 1. The average molecular weight is 304 g/mol. The van der Waals surface area contributed by atoms with Crippen molar-refractivity contribution in [3.8, 4) is 5.75 Å². The zero-order chi connectivity index (χ0) is 15.8. The van der Waals surface area contributed by atoms with Crippen LogP contribution in [-0.2, 0) is 9.59 Å². The van der Waals surface area contributed by atoms with Crippen LogP contribution in [0.25, 0.3) is 0 Å². The fourth-order valence-corrected chi connectivity index (χ4v) is 2.10. The molecule has 2 amide bonds. The molecule has 0 atom stereocenters. The van der Waals surface area contributed by atoms with Gasteiger partial charge in [-0.1, -0.05) is 18.2 Å². The van der Waals surface area contributed by atoms with Gasteiger partial charge in [0.15, 0.2) is 0 Å². The minimum absolute atomic E-state index is 0.00551. The van der Waals surface area contributed by atoms with E-state index in [1.165, 1.54) is 0 Å². The van der Waals surface area contributed by atoms with E-state index in [0.29, 0.717) is 32.5 Å². The van der Waals surface area contributed by atoms with Crippen molar-refractivity contribution in [1.29, 1.82) is 0 Å². The number of hydrogen-bond donors (Lipinski definition) is 2. The predicted molar refractivity (Wildman–Crippen MR) is 84.7 cm³/mol. The smallest absolute Gasteiger partial charge is 0.223 e. The molecule has 0 aliphatic heterocycles. The van der Waals surface area contributed by atoms with Gasteiger partial charge >= 0.3 is 0 Å². The Balaban J connectivity index is 1.49. The van der Waals surface area contributed by atoms with Crippen molar-refractivity contribution in [3.05, 3.63) is 29.8 Å². The van der Waals surface area contributed by atoms with Gasteiger partial charge in [-0.3, -0.25) is 9.59 Å². The van der Waals surface area contributed by atoms with Crippen LogP contribution in [0.4, 0.5) is 0 Å². The summed E-state index contributed by atoms with van der Waals surface area (Å²) in [5, 5.41) is 5.61. The Hall–Kier alpha value is -2.04. The second kappa shape index (κ2) is 8.41. The van der Waals surface area contributed by atoms with Crippen molar-refractivity contribution in [3.63, 3.8) is 0 Å². The summed E-state index contributed by atoms with van der Waals surface area (Å²) in [5.41, 5.74) is 1.10. The second-order valence-corrected chi connectivity index (χ2v) is 5.63. The summed E-state index contributed by atoms with van der Waals surface area (Å²) in [4.78, 5) is 23.0. The van der Waals surface area contributed by atoms with Crippen molar-refractivity contribution in [2.45, 2.75) is 32.6 Å². The lowest BCUT2D eigenvalue weighted by Gasteiger charge is -2.09. The lowest BCUT2D eigenvalue weighted by Crippen LogP contribution is -2.35. The van der Waals surface area contributed by atoms with Gasteiger partial charge < -0.3 is 15.4 Å². The molecular formula is C17H24N2O3. The van der Waals surface area contributed by atoms with Gasteiger partial charge in [-0.05, 0) is 37.8 Å². The Morgan fingerprint density at radius 2 is 1.91 bits per heavy atom. The standard InChI is InChI=1S/C17H24N2O3/c1-13-5-2-3-6-15(13)22-12-4-7-16(20)18-10-11-19-17(21)14-8-9-14/h2-3,5-6,14H,4,7-12H2,1H3,(H,18,20)(H,19,21). The molecule has 22 heavy (non-hydrogen) atoms. The van der Waals surface area contributed by atoms with Crippen LogP contribution < -0.4 is 15.4 Å². The molecule has 1 aromatic rings. The fourth-order valence-electron chi connectivity index (χ4n) is 2.10. The third-order valence-corrected chi connectivity index (χ3v) is 3.59. The maximum Gasteiger partial charge on any atom is 0.223 e. The van der Waals surface area contributed by atoms with Gasteiger partial charge in [0.05, 0.1) is 6.61 Å². The SMILES string of the molecule is Cc1ccccc1OCCCC(=O)NCCNC(=O)C1CC1.